The highest BCUT2D eigenvalue weighted by atomic mass is 35.5. The second kappa shape index (κ2) is 9.74. The van der Waals surface area contributed by atoms with Gasteiger partial charge in [0.2, 0.25) is 0 Å². The lowest BCUT2D eigenvalue weighted by atomic mass is 10.2. The molecule has 2 aromatic heterocycles. The third kappa shape index (κ3) is 4.98. The Bertz CT molecular complexity index is 1340. The molecule has 0 fully saturated rings. The van der Waals surface area contributed by atoms with Gasteiger partial charge in [0, 0.05) is 23.2 Å². The molecular formula is C23H22ClN5O4. The summed E-state index contributed by atoms with van der Waals surface area (Å²) in [6, 6.07) is 12.3. The molecule has 0 saturated heterocycles. The summed E-state index contributed by atoms with van der Waals surface area (Å²) in [5.41, 5.74) is 1.58. The summed E-state index contributed by atoms with van der Waals surface area (Å²) < 4.78 is 13.5. The Kier molecular flexibility index (Phi) is 6.60. The molecule has 0 spiro atoms. The van der Waals surface area contributed by atoms with Crippen molar-refractivity contribution in [2.45, 2.75) is 13.1 Å². The van der Waals surface area contributed by atoms with Crippen LogP contribution in [0.3, 0.4) is 0 Å². The van der Waals surface area contributed by atoms with Crippen LogP contribution in [-0.4, -0.2) is 46.0 Å². The smallest absolute Gasteiger partial charge is 0.264 e. The highest BCUT2D eigenvalue weighted by Crippen LogP contribution is 2.22. The monoisotopic (exact) mass is 467 g/mol. The van der Waals surface area contributed by atoms with E-state index < -0.39 is 0 Å². The Hall–Kier alpha value is -3.85. The molecule has 170 valence electrons. The van der Waals surface area contributed by atoms with Crippen LogP contribution < -0.4 is 20.3 Å². The maximum absolute atomic E-state index is 12.9. The summed E-state index contributed by atoms with van der Waals surface area (Å²) in [6.45, 7) is 0.997. The fraction of sp³-hybridized carbons (Fsp3) is 0.217. The number of ether oxygens (including phenoxy) is 2. The van der Waals surface area contributed by atoms with Crippen molar-refractivity contribution in [3.05, 3.63) is 81.5 Å². The molecule has 0 aliphatic heterocycles. The van der Waals surface area contributed by atoms with E-state index in [1.165, 1.54) is 31.3 Å². The molecule has 0 aliphatic rings. The lowest BCUT2D eigenvalue weighted by molar-refractivity contribution is 0.0951. The van der Waals surface area contributed by atoms with Crippen molar-refractivity contribution >= 4 is 28.5 Å². The van der Waals surface area contributed by atoms with Gasteiger partial charge in [-0.3, -0.25) is 14.2 Å². The number of aromatic nitrogens is 4. The Morgan fingerprint density at radius 1 is 1.12 bits per heavy atom. The number of halogens is 1. The van der Waals surface area contributed by atoms with Crippen LogP contribution in [0.15, 0.2) is 59.8 Å². The Morgan fingerprint density at radius 3 is 2.58 bits per heavy atom. The molecule has 33 heavy (non-hydrogen) atoms. The highest BCUT2D eigenvalue weighted by Gasteiger charge is 2.13. The van der Waals surface area contributed by atoms with E-state index in [2.05, 4.69) is 15.4 Å². The number of hydrogen-bond donors (Lipinski definition) is 1. The van der Waals surface area contributed by atoms with Crippen LogP contribution in [0.4, 0.5) is 0 Å². The molecule has 0 saturated carbocycles. The Labute approximate surface area is 194 Å². The number of amides is 1. The number of rotatable bonds is 8. The summed E-state index contributed by atoms with van der Waals surface area (Å²) in [7, 11) is 3.05. The van der Waals surface area contributed by atoms with Crippen molar-refractivity contribution in [3.8, 4) is 11.5 Å². The van der Waals surface area contributed by atoms with Crippen LogP contribution in [0.1, 0.15) is 15.9 Å². The number of hydrogen-bond acceptors (Lipinski definition) is 6. The predicted molar refractivity (Wildman–Crippen MR) is 124 cm³/mol. The zero-order chi connectivity index (χ0) is 23.4. The summed E-state index contributed by atoms with van der Waals surface area (Å²) in [4.78, 5) is 29.8. The fourth-order valence-electron chi connectivity index (χ4n) is 3.42. The second-order valence-corrected chi connectivity index (χ2v) is 7.71. The van der Waals surface area contributed by atoms with E-state index in [9.17, 15) is 9.59 Å². The maximum Gasteiger partial charge on any atom is 0.264 e. The van der Waals surface area contributed by atoms with Crippen LogP contribution in [-0.2, 0) is 13.1 Å². The van der Waals surface area contributed by atoms with E-state index >= 15 is 0 Å². The summed E-state index contributed by atoms with van der Waals surface area (Å²) in [6.07, 6.45) is 2.98. The van der Waals surface area contributed by atoms with E-state index in [1.54, 1.807) is 28.9 Å². The molecule has 2 heterocycles. The lowest BCUT2D eigenvalue weighted by Crippen LogP contribution is -2.28. The quantitative estimate of drug-likeness (QED) is 0.427. The minimum absolute atomic E-state index is 0.196. The molecule has 1 N–H and O–H groups in total. The largest absolute Gasteiger partial charge is 0.497 e. The topological polar surface area (TPSA) is 100 Å². The summed E-state index contributed by atoms with van der Waals surface area (Å²) in [5, 5.41) is 8.12. The second-order valence-electron chi connectivity index (χ2n) is 7.27. The Morgan fingerprint density at radius 2 is 1.88 bits per heavy atom. The molecule has 10 heteroatoms. The van der Waals surface area contributed by atoms with Gasteiger partial charge in [0.1, 0.15) is 23.2 Å². The number of nitrogens with zero attached hydrogens (tertiary/aromatic N) is 4. The van der Waals surface area contributed by atoms with E-state index in [0.29, 0.717) is 52.8 Å². The molecular weight excluding hydrogens is 446 g/mol. The number of methoxy groups -OCH3 is 2. The average Bonchev–Trinajstić information content (AvgIpc) is 3.24. The Balaban J connectivity index is 1.45. The highest BCUT2D eigenvalue weighted by molar-refractivity contribution is 6.30. The fourth-order valence-corrected chi connectivity index (χ4v) is 3.63. The van der Waals surface area contributed by atoms with Crippen LogP contribution in [0.2, 0.25) is 5.02 Å². The van der Waals surface area contributed by atoms with Crippen LogP contribution in [0, 0.1) is 0 Å². The van der Waals surface area contributed by atoms with Gasteiger partial charge >= 0.3 is 0 Å². The van der Waals surface area contributed by atoms with Crippen molar-refractivity contribution in [1.29, 1.82) is 0 Å². The molecule has 2 aromatic carbocycles. The van der Waals surface area contributed by atoms with Crippen LogP contribution in [0.25, 0.3) is 11.0 Å². The molecule has 0 unspecified atom stereocenters. The first kappa shape index (κ1) is 22.3. The minimum atomic E-state index is -0.277. The number of benzene rings is 2. The third-order valence-corrected chi connectivity index (χ3v) is 5.32. The van der Waals surface area contributed by atoms with E-state index in [1.807, 2.05) is 18.2 Å². The van der Waals surface area contributed by atoms with Gasteiger partial charge < -0.3 is 14.8 Å². The van der Waals surface area contributed by atoms with Gasteiger partial charge in [-0.15, -0.1) is 0 Å². The van der Waals surface area contributed by atoms with E-state index in [-0.39, 0.29) is 11.5 Å². The zero-order valence-corrected chi connectivity index (χ0v) is 18.9. The first-order valence-corrected chi connectivity index (χ1v) is 10.5. The number of fused-ring (bicyclic) bond motifs is 1. The van der Waals surface area contributed by atoms with Crippen molar-refractivity contribution in [2.24, 2.45) is 0 Å². The third-order valence-electron chi connectivity index (χ3n) is 5.09. The molecule has 0 radical (unpaired) electrons. The molecule has 1 amide bonds. The maximum atomic E-state index is 12.9. The standard InChI is InChI=1S/C23H22ClN5O4/c1-32-18-9-16(10-19(11-18)33-2)22(30)25-6-7-29-21-20(12-27-29)23(31)28(14-26-21)13-15-4-3-5-17(24)8-15/h3-5,8-12,14H,6-7,13H2,1-2H3,(H,25,30). The van der Waals surface area contributed by atoms with Crippen LogP contribution in [0.5, 0.6) is 11.5 Å². The van der Waals surface area contributed by atoms with Gasteiger partial charge in [-0.25, -0.2) is 9.67 Å². The first-order chi connectivity index (χ1) is 16.0. The first-order valence-electron chi connectivity index (χ1n) is 10.1. The van der Waals surface area contributed by atoms with Crippen molar-refractivity contribution < 1.29 is 14.3 Å². The van der Waals surface area contributed by atoms with Crippen molar-refractivity contribution in [3.63, 3.8) is 0 Å². The summed E-state index contributed by atoms with van der Waals surface area (Å²) in [5.74, 6) is 0.771. The minimum Gasteiger partial charge on any atom is -0.497 e. The SMILES string of the molecule is COc1cc(OC)cc(C(=O)NCCn2ncc3c(=O)n(Cc4cccc(Cl)c4)cnc32)c1. The van der Waals surface area contributed by atoms with Gasteiger partial charge in [0.15, 0.2) is 5.65 Å². The van der Waals surface area contributed by atoms with E-state index in [4.69, 9.17) is 21.1 Å². The zero-order valence-electron chi connectivity index (χ0n) is 18.1. The van der Waals surface area contributed by atoms with E-state index in [0.717, 1.165) is 5.56 Å². The molecule has 9 nitrogen and oxygen atoms in total. The normalized spacial score (nSPS) is 10.9. The van der Waals surface area contributed by atoms with Crippen LogP contribution >= 0.6 is 11.6 Å². The average molecular weight is 468 g/mol. The molecule has 0 atom stereocenters. The van der Waals surface area contributed by atoms with Gasteiger partial charge in [-0.1, -0.05) is 23.7 Å². The molecule has 4 rings (SSSR count). The predicted octanol–water partition coefficient (Wildman–Crippen LogP) is 2.74. The number of carbonyl (C=O) groups is 1. The number of carbonyl (C=O) groups excluding carboxylic acids is 1. The molecule has 0 aliphatic carbocycles. The van der Waals surface area contributed by atoms with Gasteiger partial charge in [-0.05, 0) is 29.8 Å². The molecule has 0 bridgehead atoms. The van der Waals surface area contributed by atoms with Gasteiger partial charge in [0.05, 0.1) is 33.5 Å². The summed E-state index contributed by atoms with van der Waals surface area (Å²) >= 11 is 6.03. The van der Waals surface area contributed by atoms with Crippen molar-refractivity contribution in [2.75, 3.05) is 20.8 Å². The van der Waals surface area contributed by atoms with Gasteiger partial charge in [-0.2, -0.15) is 5.10 Å². The van der Waals surface area contributed by atoms with Crippen molar-refractivity contribution in [1.82, 2.24) is 24.6 Å². The van der Waals surface area contributed by atoms with Gasteiger partial charge in [0.25, 0.3) is 11.5 Å². The lowest BCUT2D eigenvalue weighted by Gasteiger charge is -2.10. The number of nitrogens with one attached hydrogen (secondary N) is 1. The molecule has 4 aromatic rings.